The lowest BCUT2D eigenvalue weighted by atomic mass is 10.2. The summed E-state index contributed by atoms with van der Waals surface area (Å²) in [6.45, 7) is 3.97. The first-order chi connectivity index (χ1) is 7.77. The second-order valence-corrected chi connectivity index (χ2v) is 3.30. The minimum atomic E-state index is -0.126. The average molecular weight is 216 g/mol. The van der Waals surface area contributed by atoms with E-state index < -0.39 is 0 Å². The summed E-state index contributed by atoms with van der Waals surface area (Å²) in [4.78, 5) is 16.3. The maximum absolute atomic E-state index is 12.1. The van der Waals surface area contributed by atoms with Crippen LogP contribution < -0.4 is 16.8 Å². The molecular weight excluding hydrogens is 204 g/mol. The van der Waals surface area contributed by atoms with Crippen LogP contribution in [0.4, 0.5) is 5.95 Å². The Kier molecular flexibility index (Phi) is 2.70. The summed E-state index contributed by atoms with van der Waals surface area (Å²) in [5.41, 5.74) is 2.92. The van der Waals surface area contributed by atoms with Gasteiger partial charge in [0.15, 0.2) is 0 Å². The number of nitrogen functional groups attached to an aromatic ring is 1. The summed E-state index contributed by atoms with van der Waals surface area (Å²) >= 11 is 0. The molecule has 0 saturated heterocycles. The van der Waals surface area contributed by atoms with Crippen molar-refractivity contribution >= 4 is 16.9 Å². The molecule has 0 aliphatic rings. The fraction of sp³-hybridized carbons (Fsp3) is 0.0909. The third kappa shape index (κ3) is 1.57. The van der Waals surface area contributed by atoms with Crippen molar-refractivity contribution in [1.82, 2.24) is 9.55 Å². The summed E-state index contributed by atoms with van der Waals surface area (Å²) in [5, 5.41) is 0.573. The molecule has 82 valence electrons. The van der Waals surface area contributed by atoms with Crippen LogP contribution in [0, 0.1) is 0 Å². The van der Waals surface area contributed by atoms with Gasteiger partial charge >= 0.3 is 0 Å². The molecule has 0 aliphatic carbocycles. The average Bonchev–Trinajstić information content (AvgIpc) is 2.33. The number of benzene rings is 1. The van der Waals surface area contributed by atoms with Crippen molar-refractivity contribution < 1.29 is 0 Å². The summed E-state index contributed by atoms with van der Waals surface area (Å²) < 4.78 is 1.44. The number of nitrogens with zero attached hydrogens (tertiary/aromatic N) is 2. The van der Waals surface area contributed by atoms with Crippen molar-refractivity contribution in [3.05, 3.63) is 47.3 Å². The van der Waals surface area contributed by atoms with E-state index in [0.29, 0.717) is 23.4 Å². The van der Waals surface area contributed by atoms with Gasteiger partial charge in [0.05, 0.1) is 10.9 Å². The Labute approximate surface area is 92.2 Å². The zero-order valence-corrected chi connectivity index (χ0v) is 8.68. The molecule has 16 heavy (non-hydrogen) atoms. The molecular formula is C11H12N4O. The molecule has 2 aromatic rings. The van der Waals surface area contributed by atoms with Crippen molar-refractivity contribution in [1.29, 1.82) is 0 Å². The van der Waals surface area contributed by atoms with Gasteiger partial charge in [-0.25, -0.2) is 10.8 Å². The molecule has 0 fully saturated rings. The normalized spacial score (nSPS) is 10.3. The topological polar surface area (TPSA) is 72.9 Å². The smallest absolute Gasteiger partial charge is 0.263 e. The third-order valence-electron chi connectivity index (χ3n) is 2.30. The highest BCUT2D eigenvalue weighted by Gasteiger charge is 2.07. The van der Waals surface area contributed by atoms with Crippen LogP contribution in [0.3, 0.4) is 0 Å². The van der Waals surface area contributed by atoms with Crippen LogP contribution in [0.25, 0.3) is 10.9 Å². The summed E-state index contributed by atoms with van der Waals surface area (Å²) in [6, 6.07) is 7.15. The Hall–Kier alpha value is -2.14. The lowest BCUT2D eigenvalue weighted by Gasteiger charge is -2.10. The third-order valence-corrected chi connectivity index (χ3v) is 2.30. The van der Waals surface area contributed by atoms with E-state index in [-0.39, 0.29) is 5.56 Å². The van der Waals surface area contributed by atoms with Crippen molar-refractivity contribution in [2.75, 3.05) is 5.43 Å². The van der Waals surface area contributed by atoms with E-state index in [9.17, 15) is 4.79 Å². The Bertz CT molecular complexity index is 588. The second kappa shape index (κ2) is 4.16. The number of hydrogen-bond acceptors (Lipinski definition) is 4. The Balaban J connectivity index is 2.82. The van der Waals surface area contributed by atoms with Gasteiger partial charge in [-0.2, -0.15) is 0 Å². The number of aromatic nitrogens is 2. The summed E-state index contributed by atoms with van der Waals surface area (Å²) in [7, 11) is 0. The van der Waals surface area contributed by atoms with E-state index in [1.165, 1.54) is 4.57 Å². The van der Waals surface area contributed by atoms with Crippen molar-refractivity contribution in [2.45, 2.75) is 6.54 Å². The highest BCUT2D eigenvalue weighted by atomic mass is 16.1. The number of allylic oxidation sites excluding steroid dienone is 1. The first-order valence-electron chi connectivity index (χ1n) is 4.85. The van der Waals surface area contributed by atoms with E-state index in [1.807, 2.05) is 6.07 Å². The SMILES string of the molecule is C=CCn1c(NN)nc2ccccc2c1=O. The molecule has 1 aromatic heterocycles. The standard InChI is InChI=1S/C11H12N4O/c1-2-7-15-10(16)8-5-3-4-6-9(8)13-11(15)14-12/h2-6H,1,7,12H2,(H,13,14). The Morgan fingerprint density at radius 2 is 2.25 bits per heavy atom. The lowest BCUT2D eigenvalue weighted by molar-refractivity contribution is 0.773. The molecule has 0 bridgehead atoms. The molecule has 0 saturated carbocycles. The minimum Gasteiger partial charge on any atom is -0.294 e. The van der Waals surface area contributed by atoms with Gasteiger partial charge in [0.1, 0.15) is 0 Å². The summed E-state index contributed by atoms with van der Waals surface area (Å²) in [5.74, 6) is 5.67. The molecule has 5 nitrogen and oxygen atoms in total. The van der Waals surface area contributed by atoms with E-state index in [2.05, 4.69) is 17.0 Å². The Morgan fingerprint density at radius 1 is 1.50 bits per heavy atom. The summed E-state index contributed by atoms with van der Waals surface area (Å²) in [6.07, 6.45) is 1.62. The molecule has 1 heterocycles. The fourth-order valence-corrected chi connectivity index (χ4v) is 1.58. The molecule has 5 heteroatoms. The monoisotopic (exact) mass is 216 g/mol. The maximum Gasteiger partial charge on any atom is 0.263 e. The quantitative estimate of drug-likeness (QED) is 0.453. The highest BCUT2D eigenvalue weighted by molar-refractivity contribution is 5.78. The number of fused-ring (bicyclic) bond motifs is 1. The molecule has 0 atom stereocenters. The van der Waals surface area contributed by atoms with Crippen LogP contribution in [0.2, 0.25) is 0 Å². The first kappa shape index (κ1) is 10.4. The van der Waals surface area contributed by atoms with Crippen LogP contribution in [0.5, 0.6) is 0 Å². The van der Waals surface area contributed by atoms with Crippen LogP contribution in [-0.4, -0.2) is 9.55 Å². The first-order valence-corrected chi connectivity index (χ1v) is 4.85. The number of anilines is 1. The molecule has 1 aromatic carbocycles. The van der Waals surface area contributed by atoms with Crippen LogP contribution in [0.1, 0.15) is 0 Å². The number of nitrogens with two attached hydrogens (primary N) is 1. The Morgan fingerprint density at radius 3 is 2.94 bits per heavy atom. The van der Waals surface area contributed by atoms with Gasteiger partial charge in [-0.3, -0.25) is 14.8 Å². The number of hydrogen-bond donors (Lipinski definition) is 2. The minimum absolute atomic E-state index is 0.126. The zero-order valence-electron chi connectivity index (χ0n) is 8.68. The van der Waals surface area contributed by atoms with Gasteiger partial charge in [-0.1, -0.05) is 18.2 Å². The zero-order chi connectivity index (χ0) is 11.5. The van der Waals surface area contributed by atoms with Gasteiger partial charge < -0.3 is 0 Å². The fourth-order valence-electron chi connectivity index (χ4n) is 1.58. The van der Waals surface area contributed by atoms with Crippen molar-refractivity contribution in [3.63, 3.8) is 0 Å². The maximum atomic E-state index is 12.1. The molecule has 0 spiro atoms. The van der Waals surface area contributed by atoms with E-state index in [0.717, 1.165) is 0 Å². The molecule has 0 radical (unpaired) electrons. The van der Waals surface area contributed by atoms with Gasteiger partial charge in [-0.15, -0.1) is 6.58 Å². The van der Waals surface area contributed by atoms with Gasteiger partial charge in [0.25, 0.3) is 5.56 Å². The lowest BCUT2D eigenvalue weighted by Crippen LogP contribution is -2.26. The highest BCUT2D eigenvalue weighted by Crippen LogP contribution is 2.09. The molecule has 0 aliphatic heterocycles. The number of hydrazine groups is 1. The van der Waals surface area contributed by atoms with E-state index in [1.54, 1.807) is 24.3 Å². The molecule has 2 rings (SSSR count). The largest absolute Gasteiger partial charge is 0.294 e. The van der Waals surface area contributed by atoms with Crippen molar-refractivity contribution in [3.8, 4) is 0 Å². The number of rotatable bonds is 3. The van der Waals surface area contributed by atoms with Crippen LogP contribution in [0.15, 0.2) is 41.7 Å². The predicted molar refractivity (Wildman–Crippen MR) is 64.0 cm³/mol. The second-order valence-electron chi connectivity index (χ2n) is 3.30. The van der Waals surface area contributed by atoms with E-state index in [4.69, 9.17) is 5.84 Å². The van der Waals surface area contributed by atoms with Gasteiger partial charge in [0, 0.05) is 6.54 Å². The van der Waals surface area contributed by atoms with Crippen molar-refractivity contribution in [2.24, 2.45) is 5.84 Å². The molecule has 0 unspecified atom stereocenters. The number of para-hydroxylation sites is 1. The van der Waals surface area contributed by atoms with E-state index >= 15 is 0 Å². The predicted octanol–water partition coefficient (Wildman–Crippen LogP) is 0.868. The van der Waals surface area contributed by atoms with Gasteiger partial charge in [0.2, 0.25) is 5.95 Å². The van der Waals surface area contributed by atoms with Gasteiger partial charge in [-0.05, 0) is 12.1 Å². The number of nitrogens with one attached hydrogen (secondary N) is 1. The van der Waals surface area contributed by atoms with Crippen LogP contribution >= 0.6 is 0 Å². The molecule has 0 amide bonds. The molecule has 3 N–H and O–H groups in total. The van der Waals surface area contributed by atoms with Crippen LogP contribution in [-0.2, 0) is 6.54 Å².